The van der Waals surface area contributed by atoms with Gasteiger partial charge in [0.25, 0.3) is 0 Å². The molecule has 0 unspecified atom stereocenters. The van der Waals surface area contributed by atoms with Crippen molar-refractivity contribution >= 4 is 44.9 Å². The van der Waals surface area contributed by atoms with Crippen LogP contribution in [0.1, 0.15) is 24.8 Å². The molecule has 2 saturated heterocycles. The molecule has 47 heavy (non-hydrogen) atoms. The molecule has 254 valence electrons. The number of urea groups is 1. The fourth-order valence-corrected chi connectivity index (χ4v) is 7.16. The molecule has 0 aliphatic carbocycles. The Morgan fingerprint density at radius 2 is 1.70 bits per heavy atom. The third-order valence-corrected chi connectivity index (χ3v) is 10.0. The number of nitrogens with one attached hydrogen (secondary N) is 2. The molecule has 5 rings (SSSR count). The first kappa shape index (κ1) is 35.2. The highest BCUT2D eigenvalue weighted by Gasteiger charge is 2.21. The van der Waals surface area contributed by atoms with Crippen LogP contribution in [-0.4, -0.2) is 106 Å². The van der Waals surface area contributed by atoms with Gasteiger partial charge in [-0.15, -0.1) is 0 Å². The van der Waals surface area contributed by atoms with Crippen LogP contribution in [0.3, 0.4) is 0 Å². The van der Waals surface area contributed by atoms with Crippen LogP contribution in [0, 0.1) is 5.92 Å². The molecule has 2 amide bonds. The number of carbonyl (C=O) groups excluding carboxylic acids is 1. The largest absolute Gasteiger partial charge is 0.437 e. The van der Waals surface area contributed by atoms with Crippen LogP contribution in [0.2, 0.25) is 10.0 Å². The number of anilines is 1. The first-order valence-electron chi connectivity index (χ1n) is 16.0. The molecule has 0 saturated carbocycles. The molecule has 2 fully saturated rings. The normalized spacial score (nSPS) is 16.6. The van der Waals surface area contributed by atoms with Crippen molar-refractivity contribution in [2.75, 3.05) is 76.3 Å². The van der Waals surface area contributed by atoms with E-state index in [1.165, 1.54) is 6.26 Å². The SMILES string of the molecule is CNC(=O)NCC1CCN(Cc2cc(Oc3ccc(N4CCN(CCCS(C)(=O)=O)CC4)nc3)nc(-c3cc(Cl)cc(Cl)c3)c2)CC1. The Hall–Kier alpha value is -3.16. The van der Waals surface area contributed by atoms with Gasteiger partial charge in [0.2, 0.25) is 5.88 Å². The van der Waals surface area contributed by atoms with Gasteiger partial charge in [-0.05, 0) is 86.8 Å². The maximum atomic E-state index is 11.6. The lowest BCUT2D eigenvalue weighted by molar-refractivity contribution is 0.175. The summed E-state index contributed by atoms with van der Waals surface area (Å²) in [6.45, 7) is 7.42. The Bertz CT molecular complexity index is 1590. The third kappa shape index (κ3) is 10.9. The highest BCUT2D eigenvalue weighted by Crippen LogP contribution is 2.31. The summed E-state index contributed by atoms with van der Waals surface area (Å²) >= 11 is 12.7. The Labute approximate surface area is 287 Å². The first-order valence-corrected chi connectivity index (χ1v) is 18.8. The molecule has 11 nitrogen and oxygen atoms in total. The lowest BCUT2D eigenvalue weighted by atomic mass is 9.96. The second-order valence-electron chi connectivity index (χ2n) is 12.3. The number of likely N-dealkylation sites (tertiary alicyclic amines) is 1. The van der Waals surface area contributed by atoms with Crippen molar-refractivity contribution in [3.63, 3.8) is 0 Å². The number of rotatable bonds is 12. The topological polar surface area (TPSA) is 120 Å². The zero-order valence-corrected chi connectivity index (χ0v) is 29.3. The molecular weight excluding hydrogens is 661 g/mol. The van der Waals surface area contributed by atoms with E-state index in [0.717, 1.165) is 82.1 Å². The Morgan fingerprint density at radius 1 is 0.979 bits per heavy atom. The second kappa shape index (κ2) is 16.3. The molecule has 2 aliphatic heterocycles. The number of hydrogen-bond donors (Lipinski definition) is 2. The molecule has 0 atom stereocenters. The number of halogens is 2. The number of sulfone groups is 1. The maximum Gasteiger partial charge on any atom is 0.314 e. The third-order valence-electron chi connectivity index (χ3n) is 8.54. The smallest absolute Gasteiger partial charge is 0.314 e. The number of piperidine rings is 1. The highest BCUT2D eigenvalue weighted by molar-refractivity contribution is 7.90. The minimum Gasteiger partial charge on any atom is -0.437 e. The minimum atomic E-state index is -2.93. The van der Waals surface area contributed by atoms with E-state index in [1.807, 2.05) is 30.3 Å². The molecule has 4 heterocycles. The highest BCUT2D eigenvalue weighted by atomic mass is 35.5. The molecule has 1 aromatic carbocycles. The average Bonchev–Trinajstić information content (AvgIpc) is 3.04. The molecule has 2 aliphatic rings. The Balaban J connectivity index is 1.23. The van der Waals surface area contributed by atoms with Crippen LogP contribution < -0.4 is 20.3 Å². The minimum absolute atomic E-state index is 0.145. The number of ether oxygens (including phenoxy) is 1. The Kier molecular flexibility index (Phi) is 12.2. The van der Waals surface area contributed by atoms with Crippen molar-refractivity contribution in [2.24, 2.45) is 5.92 Å². The van der Waals surface area contributed by atoms with Crippen molar-refractivity contribution < 1.29 is 17.9 Å². The van der Waals surface area contributed by atoms with Gasteiger partial charge in [-0.25, -0.2) is 23.2 Å². The average molecular weight is 705 g/mol. The monoisotopic (exact) mass is 703 g/mol. The summed E-state index contributed by atoms with van der Waals surface area (Å²) in [4.78, 5) is 28.0. The summed E-state index contributed by atoms with van der Waals surface area (Å²) in [6.07, 6.45) is 5.67. The van der Waals surface area contributed by atoms with E-state index in [4.69, 9.17) is 32.9 Å². The van der Waals surface area contributed by atoms with Gasteiger partial charge in [0.15, 0.2) is 0 Å². The van der Waals surface area contributed by atoms with E-state index in [1.54, 1.807) is 19.3 Å². The number of piperazine rings is 1. The van der Waals surface area contributed by atoms with Crippen LogP contribution in [0.25, 0.3) is 11.3 Å². The quantitative estimate of drug-likeness (QED) is 0.270. The molecule has 0 radical (unpaired) electrons. The summed E-state index contributed by atoms with van der Waals surface area (Å²) in [5, 5.41) is 6.59. The summed E-state index contributed by atoms with van der Waals surface area (Å²) in [5.74, 6) is 2.58. The second-order valence-corrected chi connectivity index (χ2v) is 15.4. The number of benzene rings is 1. The van der Waals surface area contributed by atoms with Crippen molar-refractivity contribution in [2.45, 2.75) is 25.8 Å². The van der Waals surface area contributed by atoms with Crippen LogP contribution in [0.5, 0.6) is 11.6 Å². The number of hydrogen-bond acceptors (Lipinski definition) is 9. The van der Waals surface area contributed by atoms with E-state index < -0.39 is 9.84 Å². The standard InChI is InChI=1S/C33H43Cl2N7O4S/c1-36-33(43)38-21-24-6-9-41(10-7-24)23-25-16-30(26-18-27(34)20-28(35)19-26)39-32(17-25)46-29-4-5-31(37-22-29)42-13-11-40(12-14-42)8-3-15-47(2,44)45/h4-5,16-20,22,24H,3,6-15,21,23H2,1-2H3,(H2,36,38,43). The number of aromatic nitrogens is 2. The number of carbonyl (C=O) groups is 1. The zero-order chi connectivity index (χ0) is 33.4. The molecule has 14 heteroatoms. The molecule has 3 aromatic rings. The number of amides is 2. The van der Waals surface area contributed by atoms with Crippen LogP contribution in [0.4, 0.5) is 10.6 Å². The van der Waals surface area contributed by atoms with E-state index >= 15 is 0 Å². The maximum absolute atomic E-state index is 11.6. The van der Waals surface area contributed by atoms with E-state index in [0.29, 0.717) is 46.3 Å². The summed E-state index contributed by atoms with van der Waals surface area (Å²) in [5.41, 5.74) is 2.57. The van der Waals surface area contributed by atoms with E-state index in [-0.39, 0.29) is 11.8 Å². The number of pyridine rings is 2. The summed E-state index contributed by atoms with van der Waals surface area (Å²) in [7, 11) is -1.30. The predicted molar refractivity (Wildman–Crippen MR) is 187 cm³/mol. The van der Waals surface area contributed by atoms with Crippen LogP contribution in [0.15, 0.2) is 48.7 Å². The van der Waals surface area contributed by atoms with Crippen molar-refractivity contribution in [1.29, 1.82) is 0 Å². The first-order chi connectivity index (χ1) is 22.5. The zero-order valence-electron chi connectivity index (χ0n) is 26.9. The summed E-state index contributed by atoms with van der Waals surface area (Å²) in [6, 6.07) is 13.1. The number of nitrogens with zero attached hydrogens (tertiary/aromatic N) is 5. The van der Waals surface area contributed by atoms with Gasteiger partial charge in [-0.1, -0.05) is 23.2 Å². The van der Waals surface area contributed by atoms with Crippen LogP contribution in [-0.2, 0) is 16.4 Å². The van der Waals surface area contributed by atoms with Gasteiger partial charge in [0.05, 0.1) is 17.6 Å². The molecule has 0 spiro atoms. The van der Waals surface area contributed by atoms with E-state index in [9.17, 15) is 13.2 Å². The van der Waals surface area contributed by atoms with Gasteiger partial charge in [-0.3, -0.25) is 9.80 Å². The van der Waals surface area contributed by atoms with Gasteiger partial charge in [-0.2, -0.15) is 0 Å². The van der Waals surface area contributed by atoms with Gasteiger partial charge in [0, 0.05) is 74.2 Å². The van der Waals surface area contributed by atoms with Crippen molar-refractivity contribution in [1.82, 2.24) is 30.4 Å². The van der Waals surface area contributed by atoms with E-state index in [2.05, 4.69) is 36.4 Å². The summed E-state index contributed by atoms with van der Waals surface area (Å²) < 4.78 is 29.1. The van der Waals surface area contributed by atoms with Crippen molar-refractivity contribution in [3.8, 4) is 22.9 Å². The Morgan fingerprint density at radius 3 is 2.34 bits per heavy atom. The molecule has 2 aromatic heterocycles. The van der Waals surface area contributed by atoms with Crippen LogP contribution >= 0.6 is 23.2 Å². The predicted octanol–water partition coefficient (Wildman–Crippen LogP) is 4.94. The lowest BCUT2D eigenvalue weighted by Crippen LogP contribution is -2.47. The van der Waals surface area contributed by atoms with Crippen molar-refractivity contribution in [3.05, 3.63) is 64.3 Å². The van der Waals surface area contributed by atoms with Gasteiger partial charge in [0.1, 0.15) is 21.4 Å². The molecule has 2 N–H and O–H groups in total. The molecule has 0 bridgehead atoms. The fourth-order valence-electron chi connectivity index (χ4n) is 5.98. The lowest BCUT2D eigenvalue weighted by Gasteiger charge is -2.35. The van der Waals surface area contributed by atoms with Gasteiger partial charge < -0.3 is 20.3 Å². The van der Waals surface area contributed by atoms with Gasteiger partial charge >= 0.3 is 6.03 Å². The molecular formula is C33H43Cl2N7O4S. The fraction of sp³-hybridized carbons (Fsp3) is 0.485.